The van der Waals surface area contributed by atoms with Crippen molar-refractivity contribution in [2.45, 2.75) is 25.6 Å². The topological polar surface area (TPSA) is 63.2 Å². The lowest BCUT2D eigenvalue weighted by Gasteiger charge is -2.20. The summed E-state index contributed by atoms with van der Waals surface area (Å²) < 4.78 is 37.9. The van der Waals surface area contributed by atoms with Crippen molar-refractivity contribution in [1.29, 1.82) is 0 Å². The molecule has 0 aliphatic carbocycles. The van der Waals surface area contributed by atoms with Crippen LogP contribution in [0.3, 0.4) is 0 Å². The Bertz CT molecular complexity index is 839. The summed E-state index contributed by atoms with van der Waals surface area (Å²) in [7, 11) is -2.12. The molecule has 0 bridgehead atoms. The van der Waals surface area contributed by atoms with Crippen molar-refractivity contribution in [2.75, 3.05) is 17.6 Å². The van der Waals surface area contributed by atoms with Crippen LogP contribution in [0.2, 0.25) is 0 Å². The number of nitrogens with zero attached hydrogens (tertiary/aromatic N) is 3. The molecule has 0 N–H and O–H groups in total. The standard InChI is InChI=1S/C16H19ClFN3O2S/c1-10(2)14-13(9-17)15(11-5-7-12(18)8-6-11)20-16(19-14)21(3)24(4,22)23/h5-8,10H,9H2,1-4H3. The molecule has 24 heavy (non-hydrogen) atoms. The monoisotopic (exact) mass is 371 g/mol. The largest absolute Gasteiger partial charge is 0.241 e. The zero-order valence-electron chi connectivity index (χ0n) is 13.9. The van der Waals surface area contributed by atoms with Crippen LogP contribution in [0.25, 0.3) is 11.3 Å². The van der Waals surface area contributed by atoms with Gasteiger partial charge < -0.3 is 0 Å². The second-order valence-corrected chi connectivity index (χ2v) is 8.04. The summed E-state index contributed by atoms with van der Waals surface area (Å²) >= 11 is 6.10. The number of aromatic nitrogens is 2. The second-order valence-electron chi connectivity index (χ2n) is 5.76. The lowest BCUT2D eigenvalue weighted by Crippen LogP contribution is -2.27. The zero-order chi connectivity index (χ0) is 18.1. The number of rotatable bonds is 5. The Morgan fingerprint density at radius 2 is 1.79 bits per heavy atom. The molecule has 0 atom stereocenters. The molecule has 0 spiro atoms. The lowest BCUT2D eigenvalue weighted by atomic mass is 9.99. The molecule has 130 valence electrons. The Morgan fingerprint density at radius 3 is 2.25 bits per heavy atom. The Morgan fingerprint density at radius 1 is 1.21 bits per heavy atom. The minimum absolute atomic E-state index is 0.0210. The van der Waals surface area contributed by atoms with Crippen LogP contribution in [0.5, 0.6) is 0 Å². The molecular formula is C16H19ClFN3O2S. The van der Waals surface area contributed by atoms with E-state index in [4.69, 9.17) is 11.6 Å². The average molecular weight is 372 g/mol. The summed E-state index contributed by atoms with van der Waals surface area (Å²) in [4.78, 5) is 8.77. The molecule has 0 fully saturated rings. The number of halogens is 2. The average Bonchev–Trinajstić information content (AvgIpc) is 2.52. The number of sulfonamides is 1. The molecule has 0 radical (unpaired) electrons. The van der Waals surface area contributed by atoms with Gasteiger partial charge in [0, 0.05) is 18.2 Å². The van der Waals surface area contributed by atoms with Crippen LogP contribution in [0.4, 0.5) is 10.3 Å². The van der Waals surface area contributed by atoms with E-state index in [9.17, 15) is 12.8 Å². The van der Waals surface area contributed by atoms with Gasteiger partial charge in [0.25, 0.3) is 0 Å². The van der Waals surface area contributed by atoms with Crippen molar-refractivity contribution in [3.05, 3.63) is 41.3 Å². The van der Waals surface area contributed by atoms with Gasteiger partial charge in [-0.1, -0.05) is 13.8 Å². The van der Waals surface area contributed by atoms with Crippen LogP contribution < -0.4 is 4.31 Å². The van der Waals surface area contributed by atoms with Gasteiger partial charge in [-0.05, 0) is 30.2 Å². The van der Waals surface area contributed by atoms with Crippen molar-refractivity contribution < 1.29 is 12.8 Å². The maximum atomic E-state index is 13.2. The molecule has 1 heterocycles. The first-order valence-corrected chi connectivity index (χ1v) is 9.70. The first-order valence-electron chi connectivity index (χ1n) is 7.31. The fourth-order valence-electron chi connectivity index (χ4n) is 2.23. The quantitative estimate of drug-likeness (QED) is 0.754. The van der Waals surface area contributed by atoms with E-state index in [1.54, 1.807) is 12.1 Å². The number of anilines is 1. The molecule has 1 aromatic heterocycles. The third-order valence-corrected chi connectivity index (χ3v) is 5.03. The Balaban J connectivity index is 2.76. The highest BCUT2D eigenvalue weighted by atomic mass is 35.5. The van der Waals surface area contributed by atoms with Crippen LogP contribution in [0.1, 0.15) is 31.0 Å². The first kappa shape index (κ1) is 18.6. The van der Waals surface area contributed by atoms with Crippen molar-refractivity contribution in [3.8, 4) is 11.3 Å². The van der Waals surface area contributed by atoms with Gasteiger partial charge in [-0.15, -0.1) is 11.6 Å². The molecule has 1 aromatic carbocycles. The zero-order valence-corrected chi connectivity index (χ0v) is 15.5. The van der Waals surface area contributed by atoms with E-state index in [0.29, 0.717) is 22.5 Å². The normalized spacial score (nSPS) is 11.8. The van der Waals surface area contributed by atoms with Gasteiger partial charge in [-0.2, -0.15) is 0 Å². The smallest absolute Gasteiger partial charge is 0.239 e. The van der Waals surface area contributed by atoms with E-state index in [2.05, 4.69) is 9.97 Å². The van der Waals surface area contributed by atoms with Gasteiger partial charge in [0.05, 0.1) is 23.5 Å². The Labute approximate surface area is 146 Å². The molecule has 0 unspecified atom stereocenters. The van der Waals surface area contributed by atoms with E-state index >= 15 is 0 Å². The summed E-state index contributed by atoms with van der Waals surface area (Å²) in [6, 6.07) is 5.82. The molecular weight excluding hydrogens is 353 g/mol. The molecule has 2 rings (SSSR count). The highest BCUT2D eigenvalue weighted by molar-refractivity contribution is 7.92. The second kappa shape index (κ2) is 7.03. The third-order valence-electron chi connectivity index (χ3n) is 3.60. The summed E-state index contributed by atoms with van der Waals surface area (Å²) in [6.45, 7) is 3.88. The molecule has 0 amide bonds. The molecule has 0 saturated heterocycles. The minimum Gasteiger partial charge on any atom is -0.241 e. The van der Waals surface area contributed by atoms with E-state index in [1.807, 2.05) is 13.8 Å². The highest BCUT2D eigenvalue weighted by Crippen LogP contribution is 2.31. The maximum Gasteiger partial charge on any atom is 0.239 e. The lowest BCUT2D eigenvalue weighted by molar-refractivity contribution is 0.599. The van der Waals surface area contributed by atoms with Gasteiger partial charge in [-0.25, -0.2) is 27.1 Å². The highest BCUT2D eigenvalue weighted by Gasteiger charge is 2.22. The van der Waals surface area contributed by atoms with Crippen molar-refractivity contribution in [2.24, 2.45) is 0 Å². The maximum absolute atomic E-state index is 13.2. The predicted molar refractivity (Wildman–Crippen MR) is 94.3 cm³/mol. The van der Waals surface area contributed by atoms with Crippen LogP contribution in [-0.4, -0.2) is 31.7 Å². The SMILES string of the molecule is CC(C)c1nc(N(C)S(C)(=O)=O)nc(-c2ccc(F)cc2)c1CCl. The van der Waals surface area contributed by atoms with Crippen LogP contribution in [0, 0.1) is 5.82 Å². The molecule has 0 saturated carbocycles. The minimum atomic E-state index is -3.51. The molecule has 0 aliphatic heterocycles. The molecule has 0 aliphatic rings. The summed E-state index contributed by atoms with van der Waals surface area (Å²) in [5.74, 6) is -0.108. The van der Waals surface area contributed by atoms with E-state index in [-0.39, 0.29) is 23.6 Å². The Hall–Kier alpha value is -1.73. The van der Waals surface area contributed by atoms with Gasteiger partial charge in [0.1, 0.15) is 5.82 Å². The van der Waals surface area contributed by atoms with Gasteiger partial charge in [0.2, 0.25) is 16.0 Å². The molecule has 8 heteroatoms. The fraction of sp³-hybridized carbons (Fsp3) is 0.375. The molecule has 5 nitrogen and oxygen atoms in total. The van der Waals surface area contributed by atoms with E-state index < -0.39 is 10.0 Å². The fourth-order valence-corrected chi connectivity index (χ4v) is 2.88. The summed E-state index contributed by atoms with van der Waals surface area (Å²) in [5, 5.41) is 0. The predicted octanol–water partition coefficient (Wildman–Crippen LogP) is 3.54. The van der Waals surface area contributed by atoms with Crippen LogP contribution >= 0.6 is 11.6 Å². The number of hydrogen-bond donors (Lipinski definition) is 0. The summed E-state index contributed by atoms with van der Waals surface area (Å²) in [5.41, 5.74) is 2.54. The third kappa shape index (κ3) is 3.84. The Kier molecular flexibility index (Phi) is 5.45. The van der Waals surface area contributed by atoms with Crippen molar-refractivity contribution in [1.82, 2.24) is 9.97 Å². The molecule has 2 aromatic rings. The van der Waals surface area contributed by atoms with Gasteiger partial charge in [0.15, 0.2) is 0 Å². The van der Waals surface area contributed by atoms with E-state index in [1.165, 1.54) is 19.2 Å². The van der Waals surface area contributed by atoms with Crippen molar-refractivity contribution in [3.63, 3.8) is 0 Å². The number of benzene rings is 1. The van der Waals surface area contributed by atoms with E-state index in [0.717, 1.165) is 10.6 Å². The van der Waals surface area contributed by atoms with Gasteiger partial charge in [-0.3, -0.25) is 0 Å². The number of alkyl halides is 1. The first-order chi connectivity index (χ1) is 11.1. The van der Waals surface area contributed by atoms with Crippen LogP contribution in [0.15, 0.2) is 24.3 Å². The number of hydrogen-bond acceptors (Lipinski definition) is 4. The van der Waals surface area contributed by atoms with Crippen LogP contribution in [-0.2, 0) is 15.9 Å². The van der Waals surface area contributed by atoms with Gasteiger partial charge >= 0.3 is 0 Å². The van der Waals surface area contributed by atoms with Crippen molar-refractivity contribution >= 4 is 27.6 Å². The summed E-state index contributed by atoms with van der Waals surface area (Å²) in [6.07, 6.45) is 1.08.